The van der Waals surface area contributed by atoms with Gasteiger partial charge in [-0.1, -0.05) is 13.5 Å². The third kappa shape index (κ3) is 5.24. The molecular formula is C19H36N8O. The van der Waals surface area contributed by atoms with E-state index in [1.54, 1.807) is 6.92 Å². The number of hydrazine groups is 1. The Hall–Kier alpha value is -2.10. The largest absolute Gasteiger partial charge is 0.383 e. The lowest BCUT2D eigenvalue weighted by Crippen LogP contribution is -2.60. The number of likely N-dealkylation sites (tertiary alicyclic amines) is 1. The van der Waals surface area contributed by atoms with E-state index in [4.69, 9.17) is 17.3 Å². The number of hydrogen-bond donors (Lipinski definition) is 4. The van der Waals surface area contributed by atoms with E-state index in [1.165, 1.54) is 12.8 Å². The van der Waals surface area contributed by atoms with Crippen molar-refractivity contribution in [2.24, 2.45) is 22.3 Å². The zero-order valence-electron chi connectivity index (χ0n) is 17.4. The van der Waals surface area contributed by atoms with E-state index in [0.29, 0.717) is 36.4 Å². The Morgan fingerprint density at radius 2 is 1.86 bits per heavy atom. The first kappa shape index (κ1) is 22.2. The number of piperidine rings is 1. The number of nitrogens with zero attached hydrogens (tertiary/aromatic N) is 4. The Labute approximate surface area is 168 Å². The van der Waals surface area contributed by atoms with Gasteiger partial charge in [0.1, 0.15) is 5.82 Å². The fraction of sp³-hybridized carbons (Fsp3) is 0.684. The Bertz CT molecular complexity index is 636. The van der Waals surface area contributed by atoms with Crippen LogP contribution in [0.1, 0.15) is 33.1 Å². The summed E-state index contributed by atoms with van der Waals surface area (Å²) in [6.07, 6.45) is 3.38. The van der Waals surface area contributed by atoms with E-state index in [9.17, 15) is 4.79 Å². The van der Waals surface area contributed by atoms with Gasteiger partial charge in [0.15, 0.2) is 5.84 Å². The van der Waals surface area contributed by atoms with Gasteiger partial charge in [-0.05, 0) is 46.3 Å². The summed E-state index contributed by atoms with van der Waals surface area (Å²) >= 11 is 0. The lowest BCUT2D eigenvalue weighted by molar-refractivity contribution is -0.112. The molecule has 0 aromatic carbocycles. The van der Waals surface area contributed by atoms with Crippen LogP contribution in [0.25, 0.3) is 0 Å². The molecule has 0 aliphatic carbocycles. The van der Waals surface area contributed by atoms with Crippen LogP contribution >= 0.6 is 0 Å². The van der Waals surface area contributed by atoms with Gasteiger partial charge in [0.05, 0.1) is 0 Å². The number of nitrogens with two attached hydrogens (primary N) is 3. The van der Waals surface area contributed by atoms with E-state index in [1.807, 2.05) is 4.90 Å². The molecule has 2 fully saturated rings. The fourth-order valence-electron chi connectivity index (χ4n) is 3.98. The third-order valence-electron chi connectivity index (χ3n) is 5.91. The Morgan fingerprint density at radius 1 is 1.21 bits per heavy atom. The maximum absolute atomic E-state index is 12.1. The van der Waals surface area contributed by atoms with Crippen LogP contribution in [0.2, 0.25) is 0 Å². The number of carbonyl (C=O) groups is 1. The molecule has 0 spiro atoms. The van der Waals surface area contributed by atoms with Gasteiger partial charge in [0.25, 0.3) is 5.91 Å². The number of nitrogens with one attached hydrogen (secondary N) is 1. The van der Waals surface area contributed by atoms with E-state index in [2.05, 4.69) is 40.8 Å². The molecule has 2 saturated heterocycles. The predicted octanol–water partition coefficient (Wildman–Crippen LogP) is -0.472. The van der Waals surface area contributed by atoms with Crippen molar-refractivity contribution in [1.29, 1.82) is 0 Å². The van der Waals surface area contributed by atoms with Crippen molar-refractivity contribution in [2.75, 3.05) is 39.8 Å². The van der Waals surface area contributed by atoms with Crippen molar-refractivity contribution >= 4 is 11.7 Å². The highest BCUT2D eigenvalue weighted by Gasteiger charge is 2.34. The molecular weight excluding hydrogens is 356 g/mol. The van der Waals surface area contributed by atoms with Crippen molar-refractivity contribution in [3.63, 3.8) is 0 Å². The number of primary amides is 1. The maximum Gasteiger partial charge on any atom is 0.284 e. The number of aliphatic imine (C=N–C) groups is 1. The molecule has 28 heavy (non-hydrogen) atoms. The van der Waals surface area contributed by atoms with Gasteiger partial charge in [-0.15, -0.1) is 0 Å². The van der Waals surface area contributed by atoms with Gasteiger partial charge in [-0.3, -0.25) is 15.5 Å². The molecule has 0 radical (unpaired) electrons. The quantitative estimate of drug-likeness (QED) is 0.164. The van der Waals surface area contributed by atoms with Crippen molar-refractivity contribution in [3.8, 4) is 0 Å². The van der Waals surface area contributed by atoms with Gasteiger partial charge in [0.2, 0.25) is 0 Å². The van der Waals surface area contributed by atoms with Gasteiger partial charge >= 0.3 is 0 Å². The fourth-order valence-corrected chi connectivity index (χ4v) is 3.98. The molecule has 9 nitrogen and oxygen atoms in total. The lowest BCUT2D eigenvalue weighted by Gasteiger charge is -2.47. The van der Waals surface area contributed by atoms with Gasteiger partial charge in [0, 0.05) is 43.0 Å². The second-order valence-corrected chi connectivity index (χ2v) is 7.71. The molecule has 1 unspecified atom stereocenters. The number of piperazine rings is 1. The monoisotopic (exact) mass is 392 g/mol. The molecule has 9 heteroatoms. The number of carbonyl (C=O) groups excluding carboxylic acids is 1. The van der Waals surface area contributed by atoms with Crippen LogP contribution in [-0.4, -0.2) is 78.3 Å². The first-order valence-corrected chi connectivity index (χ1v) is 9.98. The van der Waals surface area contributed by atoms with Crippen LogP contribution in [0.5, 0.6) is 0 Å². The lowest BCUT2D eigenvalue weighted by atomic mass is 9.98. The molecule has 158 valence electrons. The first-order chi connectivity index (χ1) is 13.3. The number of amidine groups is 1. The highest BCUT2D eigenvalue weighted by molar-refractivity contribution is 6.37. The smallest absolute Gasteiger partial charge is 0.284 e. The second-order valence-electron chi connectivity index (χ2n) is 7.71. The van der Waals surface area contributed by atoms with E-state index in [0.717, 1.165) is 26.1 Å². The summed E-state index contributed by atoms with van der Waals surface area (Å²) in [7, 11) is 2.18. The Balaban J connectivity index is 2.16. The Kier molecular flexibility index (Phi) is 7.85. The predicted molar refractivity (Wildman–Crippen MR) is 113 cm³/mol. The molecule has 0 aromatic rings. The van der Waals surface area contributed by atoms with E-state index < -0.39 is 5.91 Å². The maximum atomic E-state index is 12.1. The molecule has 0 aromatic heterocycles. The van der Waals surface area contributed by atoms with Gasteiger partial charge in [-0.25, -0.2) is 4.99 Å². The zero-order chi connectivity index (χ0) is 20.8. The molecule has 7 N–H and O–H groups in total. The minimum atomic E-state index is -0.579. The number of amides is 1. The van der Waals surface area contributed by atoms with E-state index >= 15 is 0 Å². The summed E-state index contributed by atoms with van der Waals surface area (Å²) in [6, 6.07) is 0.960. The average molecular weight is 393 g/mol. The van der Waals surface area contributed by atoms with Crippen molar-refractivity contribution in [1.82, 2.24) is 20.1 Å². The highest BCUT2D eigenvalue weighted by Crippen LogP contribution is 2.23. The molecule has 2 heterocycles. The zero-order valence-corrected chi connectivity index (χ0v) is 17.4. The van der Waals surface area contributed by atoms with Crippen LogP contribution in [0.3, 0.4) is 0 Å². The van der Waals surface area contributed by atoms with Crippen LogP contribution in [-0.2, 0) is 4.79 Å². The molecule has 2 rings (SSSR count). The van der Waals surface area contributed by atoms with Gasteiger partial charge < -0.3 is 26.7 Å². The summed E-state index contributed by atoms with van der Waals surface area (Å²) in [6.45, 7) is 12.3. The molecule has 1 atom stereocenters. The topological polar surface area (TPSA) is 129 Å². The average Bonchev–Trinajstić information content (AvgIpc) is 2.70. The minimum Gasteiger partial charge on any atom is -0.383 e. The summed E-state index contributed by atoms with van der Waals surface area (Å²) in [4.78, 5) is 23.4. The van der Waals surface area contributed by atoms with Gasteiger partial charge in [-0.2, -0.15) is 0 Å². The molecule has 2 aliphatic heterocycles. The molecule has 0 saturated carbocycles. The van der Waals surface area contributed by atoms with Crippen LogP contribution in [0.4, 0.5) is 0 Å². The highest BCUT2D eigenvalue weighted by atomic mass is 16.1. The van der Waals surface area contributed by atoms with Crippen LogP contribution < -0.4 is 22.7 Å². The SMILES string of the molecule is C=C(NN)/C(C)=C(N)/N=C(\C(N)=O)N1CCN(C2CCN(C)CC2)C(CC)C1. The normalized spacial score (nSPS) is 24.1. The molecule has 1 amide bonds. The second kappa shape index (κ2) is 9.90. The van der Waals surface area contributed by atoms with E-state index in [-0.39, 0.29) is 11.7 Å². The standard InChI is InChI=1S/C19H36N8O/c1-5-15-12-26(10-11-27(15)16-6-8-25(4)9-7-16)19(18(21)28)23-17(20)13(2)14(3)24-22/h15-16,24H,3,5-12,20,22H2,1-2,4H3,(H2,21,28)/b17-13+,23-19+. The summed E-state index contributed by atoms with van der Waals surface area (Å²) in [5, 5.41) is 0. The summed E-state index contributed by atoms with van der Waals surface area (Å²) in [5.74, 6) is 5.18. The van der Waals surface area contributed by atoms with Crippen molar-refractivity contribution in [2.45, 2.75) is 45.2 Å². The minimum absolute atomic E-state index is 0.183. The van der Waals surface area contributed by atoms with Crippen molar-refractivity contribution < 1.29 is 4.79 Å². The molecule has 0 bridgehead atoms. The number of hydrogen-bond acceptors (Lipinski definition) is 7. The van der Waals surface area contributed by atoms with Crippen LogP contribution in [0.15, 0.2) is 28.7 Å². The first-order valence-electron chi connectivity index (χ1n) is 9.98. The number of allylic oxidation sites excluding steroid dienone is 1. The summed E-state index contributed by atoms with van der Waals surface area (Å²) < 4.78 is 0. The van der Waals surface area contributed by atoms with Crippen molar-refractivity contribution in [3.05, 3.63) is 23.7 Å². The Morgan fingerprint density at radius 3 is 2.39 bits per heavy atom. The number of rotatable bonds is 5. The van der Waals surface area contributed by atoms with Crippen LogP contribution in [0, 0.1) is 0 Å². The summed E-state index contributed by atoms with van der Waals surface area (Å²) in [5.41, 5.74) is 15.2. The third-order valence-corrected chi connectivity index (χ3v) is 5.91. The molecule has 2 aliphatic rings.